The van der Waals surface area contributed by atoms with E-state index in [0.717, 1.165) is 32.2 Å². The molecule has 0 aromatic heterocycles. The van der Waals surface area contributed by atoms with Gasteiger partial charge in [0.05, 0.1) is 18.9 Å². The summed E-state index contributed by atoms with van der Waals surface area (Å²) < 4.78 is 0. The van der Waals surface area contributed by atoms with Gasteiger partial charge in [0.1, 0.15) is 12.2 Å². The molecule has 0 aliphatic heterocycles. The predicted molar refractivity (Wildman–Crippen MR) is 86.2 cm³/mol. The van der Waals surface area contributed by atoms with Gasteiger partial charge >= 0.3 is 0 Å². The van der Waals surface area contributed by atoms with Gasteiger partial charge in [-0.1, -0.05) is 26.2 Å². The predicted octanol–water partition coefficient (Wildman–Crippen LogP) is -1.66. The van der Waals surface area contributed by atoms with Crippen molar-refractivity contribution in [3.63, 3.8) is 0 Å². The fraction of sp³-hybridized carbons (Fsp3) is 0.929. The van der Waals surface area contributed by atoms with Gasteiger partial charge in [0.2, 0.25) is 0 Å². The quantitative estimate of drug-likeness (QED) is 0.140. The fourth-order valence-corrected chi connectivity index (χ4v) is 2.15. The van der Waals surface area contributed by atoms with Gasteiger partial charge in [-0.15, -0.1) is 0 Å². The minimum absolute atomic E-state index is 0.202. The Morgan fingerprint density at radius 3 is 2.45 bits per heavy atom. The number of carbonyl (C=O) groups excluding carboxylic acids is 1. The number of aliphatic hydroxyl groups is 4. The van der Waals surface area contributed by atoms with Gasteiger partial charge < -0.3 is 30.4 Å². The zero-order valence-corrected chi connectivity index (χ0v) is 13.4. The molecule has 7 nitrogen and oxygen atoms in total. The third-order valence-corrected chi connectivity index (χ3v) is 3.51. The molecule has 3 atom stereocenters. The Labute approximate surface area is 133 Å². The summed E-state index contributed by atoms with van der Waals surface area (Å²) in [6.45, 7) is 3.67. The van der Waals surface area contributed by atoms with Gasteiger partial charge in [0, 0.05) is 13.1 Å². The average Bonchev–Trinajstić information content (AvgIpc) is 2.53. The molecule has 0 amide bonds. The summed E-state index contributed by atoms with van der Waals surface area (Å²) in [7, 11) is 1.32. The largest absolute Gasteiger partial charge is 0.394 e. The maximum Gasteiger partial charge on any atom is 0.290 e. The number of unbranched alkanes of at least 4 members (excludes halogenated alkanes) is 3. The van der Waals surface area contributed by atoms with Crippen molar-refractivity contribution in [2.45, 2.75) is 50.9 Å². The summed E-state index contributed by atoms with van der Waals surface area (Å²) in [6, 6.07) is 0. The van der Waals surface area contributed by atoms with Gasteiger partial charge in [-0.25, -0.2) is 0 Å². The van der Waals surface area contributed by atoms with Crippen LogP contribution in [0.3, 0.4) is 0 Å². The maximum atomic E-state index is 10.2. The second-order valence-electron chi connectivity index (χ2n) is 5.43. The van der Waals surface area contributed by atoms with Crippen LogP contribution in [0.5, 0.6) is 0 Å². The Morgan fingerprint density at radius 1 is 1.14 bits per heavy atom. The minimum atomic E-state index is -1.38. The maximum absolute atomic E-state index is 10.2. The van der Waals surface area contributed by atoms with Crippen LogP contribution in [0, 0.1) is 0 Å². The second kappa shape index (κ2) is 14.1. The summed E-state index contributed by atoms with van der Waals surface area (Å²) >= 11 is 0. The van der Waals surface area contributed by atoms with Crippen LogP contribution in [0.15, 0.2) is 0 Å². The Hall–Kier alpha value is -0.505. The summed E-state index contributed by atoms with van der Waals surface area (Å²) in [5, 5.41) is 40.7. The van der Waals surface area contributed by atoms with E-state index in [1.807, 2.05) is 4.90 Å². The summed E-state index contributed by atoms with van der Waals surface area (Å²) in [6.07, 6.45) is 1.18. The number of carbonyl (C=O) groups is 1. The van der Waals surface area contributed by atoms with Gasteiger partial charge in [0.25, 0.3) is 7.41 Å². The molecule has 0 rings (SSSR count). The lowest BCUT2D eigenvalue weighted by Crippen LogP contribution is -2.47. The molecular weight excluding hydrogens is 287 g/mol. The summed E-state index contributed by atoms with van der Waals surface area (Å²) in [5.41, 5.74) is 0. The van der Waals surface area contributed by atoms with Crippen LogP contribution >= 0.6 is 0 Å². The highest BCUT2D eigenvalue weighted by Crippen LogP contribution is 2.06. The van der Waals surface area contributed by atoms with Crippen LogP contribution in [-0.2, 0) is 4.79 Å². The van der Waals surface area contributed by atoms with Crippen LogP contribution in [0.1, 0.15) is 32.6 Å². The molecule has 0 spiro atoms. The molecule has 0 saturated heterocycles. The first-order chi connectivity index (χ1) is 10.6. The Morgan fingerprint density at radius 2 is 1.86 bits per heavy atom. The van der Waals surface area contributed by atoms with Crippen LogP contribution in [-0.4, -0.2) is 90.0 Å². The van der Waals surface area contributed by atoms with Crippen molar-refractivity contribution in [3.8, 4) is 0 Å². The highest BCUT2D eigenvalue weighted by molar-refractivity contribution is 6.64. The number of aliphatic hydroxyl groups excluding tert-OH is 4. The molecule has 0 aromatic carbocycles. The number of nitrogens with zero attached hydrogens (tertiary/aromatic N) is 1. The van der Waals surface area contributed by atoms with Crippen LogP contribution in [0.4, 0.5) is 0 Å². The lowest BCUT2D eigenvalue weighted by atomic mass is 9.99. The molecule has 0 unspecified atom stereocenters. The van der Waals surface area contributed by atoms with E-state index >= 15 is 0 Å². The molecule has 8 heteroatoms. The van der Waals surface area contributed by atoms with Crippen molar-refractivity contribution >= 4 is 13.6 Å². The Balaban J connectivity index is 4.26. The topological polar surface area (TPSA) is 113 Å². The van der Waals surface area contributed by atoms with Crippen molar-refractivity contribution in [2.24, 2.45) is 0 Å². The third kappa shape index (κ3) is 10.3. The lowest BCUT2D eigenvalue weighted by Gasteiger charge is -2.29. The van der Waals surface area contributed by atoms with E-state index in [4.69, 9.17) is 5.11 Å². The van der Waals surface area contributed by atoms with Crippen molar-refractivity contribution in [2.75, 3.05) is 32.8 Å². The SMILES string of the molecule is CCCCCCN(CCN[B]C=O)C[C@H](O)[C@@H](O)[C@H](O)CO. The Bertz CT molecular complexity index is 274. The van der Waals surface area contributed by atoms with Gasteiger partial charge in [0.15, 0.2) is 0 Å². The first kappa shape index (κ1) is 21.5. The van der Waals surface area contributed by atoms with Crippen molar-refractivity contribution in [3.05, 3.63) is 0 Å². The first-order valence-corrected chi connectivity index (χ1v) is 7.94. The molecular formula is C14H30BN2O5. The number of hydrogen-bond acceptors (Lipinski definition) is 7. The molecule has 0 heterocycles. The third-order valence-electron chi connectivity index (χ3n) is 3.51. The van der Waals surface area contributed by atoms with Crippen molar-refractivity contribution in [1.82, 2.24) is 10.1 Å². The highest BCUT2D eigenvalue weighted by Gasteiger charge is 2.25. The van der Waals surface area contributed by atoms with E-state index in [2.05, 4.69) is 12.2 Å². The monoisotopic (exact) mass is 317 g/mol. The average molecular weight is 317 g/mol. The number of rotatable bonds is 15. The number of nitrogens with one attached hydrogen (secondary N) is 1. The highest BCUT2D eigenvalue weighted by atomic mass is 16.4. The molecule has 0 fully saturated rings. The van der Waals surface area contributed by atoms with E-state index in [-0.39, 0.29) is 6.54 Å². The molecule has 0 aromatic rings. The van der Waals surface area contributed by atoms with E-state index in [1.54, 1.807) is 0 Å². The van der Waals surface area contributed by atoms with Gasteiger partial charge in [-0.3, -0.25) is 4.90 Å². The Kier molecular flexibility index (Phi) is 13.8. The van der Waals surface area contributed by atoms with E-state index in [0.29, 0.717) is 19.3 Å². The summed E-state index contributed by atoms with van der Waals surface area (Å²) in [5.74, 6) is 0. The van der Waals surface area contributed by atoms with E-state index < -0.39 is 24.9 Å². The zero-order valence-electron chi connectivity index (χ0n) is 13.4. The van der Waals surface area contributed by atoms with Gasteiger partial charge in [-0.05, 0) is 19.5 Å². The van der Waals surface area contributed by atoms with Gasteiger partial charge in [-0.2, -0.15) is 0 Å². The van der Waals surface area contributed by atoms with Crippen LogP contribution in [0.25, 0.3) is 0 Å². The summed E-state index contributed by atoms with van der Waals surface area (Å²) in [4.78, 5) is 12.2. The molecule has 0 aliphatic rings. The van der Waals surface area contributed by atoms with Crippen molar-refractivity contribution < 1.29 is 25.2 Å². The van der Waals surface area contributed by atoms with E-state index in [9.17, 15) is 20.1 Å². The second-order valence-corrected chi connectivity index (χ2v) is 5.43. The zero-order chi connectivity index (χ0) is 16.8. The molecule has 1 radical (unpaired) electrons. The molecule has 0 aliphatic carbocycles. The minimum Gasteiger partial charge on any atom is -0.394 e. The molecule has 0 bridgehead atoms. The molecule has 22 heavy (non-hydrogen) atoms. The fourth-order valence-electron chi connectivity index (χ4n) is 2.15. The molecule has 129 valence electrons. The smallest absolute Gasteiger partial charge is 0.290 e. The van der Waals surface area contributed by atoms with Crippen molar-refractivity contribution in [1.29, 1.82) is 0 Å². The number of hydrogen-bond donors (Lipinski definition) is 5. The molecule has 0 saturated carbocycles. The van der Waals surface area contributed by atoms with Crippen LogP contribution < -0.4 is 5.23 Å². The first-order valence-electron chi connectivity index (χ1n) is 7.94. The van der Waals surface area contributed by atoms with Crippen LogP contribution in [0.2, 0.25) is 0 Å². The normalized spacial score (nSPS) is 15.5. The lowest BCUT2D eigenvalue weighted by molar-refractivity contribution is -0.0840. The molecule has 5 N–H and O–H groups in total. The van der Waals surface area contributed by atoms with E-state index in [1.165, 1.54) is 7.41 Å². The standard InChI is InChI=1S/C14H30BN2O5/c1-2-3-4-5-7-17(8-6-16-15-11-19)9-12(20)14(22)13(21)10-18/h11-14,16,18,20-22H,2-10H2,1H3/t12-,13+,14+/m0/s1.